The molecule has 1 aliphatic rings. The Morgan fingerprint density at radius 2 is 2.00 bits per heavy atom. The van der Waals surface area contributed by atoms with Crippen molar-refractivity contribution in [3.05, 3.63) is 16.6 Å². The van der Waals surface area contributed by atoms with Gasteiger partial charge in [-0.25, -0.2) is 0 Å². The van der Waals surface area contributed by atoms with Gasteiger partial charge in [-0.1, -0.05) is 6.42 Å². The molecule has 1 saturated carbocycles. The van der Waals surface area contributed by atoms with E-state index in [0.29, 0.717) is 23.7 Å². The van der Waals surface area contributed by atoms with Crippen LogP contribution in [0.3, 0.4) is 0 Å². The Bertz CT molecular complexity index is 522. The second kappa shape index (κ2) is 7.13. The van der Waals surface area contributed by atoms with Crippen LogP contribution in [0.5, 0.6) is 11.5 Å². The molecule has 5 nitrogen and oxygen atoms in total. The highest BCUT2D eigenvalue weighted by molar-refractivity contribution is 9.10. The van der Waals surface area contributed by atoms with Gasteiger partial charge < -0.3 is 20.5 Å². The molecule has 1 aliphatic carbocycles. The highest BCUT2D eigenvalue weighted by atomic mass is 79.9. The van der Waals surface area contributed by atoms with Crippen LogP contribution in [-0.4, -0.2) is 26.7 Å². The fourth-order valence-electron chi connectivity index (χ4n) is 2.84. The van der Waals surface area contributed by atoms with E-state index in [4.69, 9.17) is 15.2 Å². The normalized spacial score (nSPS) is 21.1. The van der Waals surface area contributed by atoms with E-state index in [1.165, 1.54) is 0 Å². The number of rotatable bonds is 5. The van der Waals surface area contributed by atoms with Gasteiger partial charge in [0.25, 0.3) is 0 Å². The second-order valence-corrected chi connectivity index (χ2v) is 6.06. The number of halogens is 1. The van der Waals surface area contributed by atoms with E-state index in [2.05, 4.69) is 21.2 Å². The molecule has 0 spiro atoms. The highest BCUT2D eigenvalue weighted by Gasteiger charge is 2.32. The van der Waals surface area contributed by atoms with Crippen LogP contribution >= 0.6 is 15.9 Å². The monoisotopic (exact) mass is 356 g/mol. The molecule has 21 heavy (non-hydrogen) atoms. The first-order chi connectivity index (χ1) is 10.1. The summed E-state index contributed by atoms with van der Waals surface area (Å²) < 4.78 is 11.3. The summed E-state index contributed by atoms with van der Waals surface area (Å²) in [5.41, 5.74) is 6.42. The number of nitrogens with two attached hydrogens (primary N) is 1. The second-order valence-electron chi connectivity index (χ2n) is 5.21. The number of anilines is 1. The molecule has 0 radical (unpaired) electrons. The van der Waals surface area contributed by atoms with Crippen LogP contribution in [0.2, 0.25) is 0 Å². The molecule has 2 rings (SSSR count). The van der Waals surface area contributed by atoms with Gasteiger partial charge in [-0.15, -0.1) is 0 Å². The van der Waals surface area contributed by atoms with Gasteiger partial charge in [0.15, 0.2) is 11.5 Å². The van der Waals surface area contributed by atoms with Gasteiger partial charge in [0.1, 0.15) is 0 Å². The van der Waals surface area contributed by atoms with Crippen molar-refractivity contribution in [2.24, 2.45) is 17.6 Å². The molecule has 0 aliphatic heterocycles. The molecule has 0 heterocycles. The summed E-state index contributed by atoms with van der Waals surface area (Å²) in [6.45, 7) is 0.561. The molecule has 2 atom stereocenters. The highest BCUT2D eigenvalue weighted by Crippen LogP contribution is 2.37. The fraction of sp³-hybridized carbons (Fsp3) is 0.533. The van der Waals surface area contributed by atoms with Crippen molar-refractivity contribution in [2.45, 2.75) is 19.3 Å². The lowest BCUT2D eigenvalue weighted by Crippen LogP contribution is -2.29. The largest absolute Gasteiger partial charge is 0.493 e. The molecule has 6 heteroatoms. The number of carbonyl (C=O) groups is 1. The van der Waals surface area contributed by atoms with E-state index >= 15 is 0 Å². The summed E-state index contributed by atoms with van der Waals surface area (Å²) in [5.74, 6) is 1.50. The predicted molar refractivity (Wildman–Crippen MR) is 85.8 cm³/mol. The Kier molecular flexibility index (Phi) is 5.47. The molecule has 116 valence electrons. The lowest BCUT2D eigenvalue weighted by molar-refractivity contribution is -0.120. The maximum atomic E-state index is 12.4. The Hall–Kier alpha value is -1.27. The van der Waals surface area contributed by atoms with Crippen LogP contribution in [0.15, 0.2) is 16.6 Å². The van der Waals surface area contributed by atoms with E-state index in [0.717, 1.165) is 23.7 Å². The Morgan fingerprint density at radius 3 is 2.62 bits per heavy atom. The van der Waals surface area contributed by atoms with Crippen LogP contribution in [0.25, 0.3) is 0 Å². The third-order valence-electron chi connectivity index (χ3n) is 4.03. The average molecular weight is 357 g/mol. The lowest BCUT2D eigenvalue weighted by Gasteiger charge is -2.19. The minimum atomic E-state index is -0.00463. The lowest BCUT2D eigenvalue weighted by atomic mass is 9.95. The van der Waals surface area contributed by atoms with Crippen molar-refractivity contribution >= 4 is 27.5 Å². The SMILES string of the molecule is COc1cc(Br)c(NC(=O)[C@@H]2CCC[C@@H]2CN)cc1OC. The Morgan fingerprint density at radius 1 is 1.33 bits per heavy atom. The zero-order chi connectivity index (χ0) is 15.4. The summed E-state index contributed by atoms with van der Waals surface area (Å²) in [7, 11) is 3.14. The molecule has 1 aromatic carbocycles. The Balaban J connectivity index is 2.17. The topological polar surface area (TPSA) is 73.6 Å². The van der Waals surface area contributed by atoms with Crippen molar-refractivity contribution in [3.63, 3.8) is 0 Å². The molecule has 0 aromatic heterocycles. The maximum absolute atomic E-state index is 12.4. The van der Waals surface area contributed by atoms with Gasteiger partial charge >= 0.3 is 0 Å². The van der Waals surface area contributed by atoms with Gasteiger partial charge in [0, 0.05) is 22.5 Å². The first-order valence-electron chi connectivity index (χ1n) is 7.03. The number of hydrogen-bond acceptors (Lipinski definition) is 4. The summed E-state index contributed by atoms with van der Waals surface area (Å²) >= 11 is 3.45. The maximum Gasteiger partial charge on any atom is 0.227 e. The number of amides is 1. The van der Waals surface area contributed by atoms with Crippen LogP contribution in [0.4, 0.5) is 5.69 Å². The van der Waals surface area contributed by atoms with E-state index in [9.17, 15) is 4.79 Å². The van der Waals surface area contributed by atoms with E-state index in [1.54, 1.807) is 26.4 Å². The number of methoxy groups -OCH3 is 2. The minimum absolute atomic E-state index is 0.00463. The molecule has 0 bridgehead atoms. The van der Waals surface area contributed by atoms with Crippen LogP contribution < -0.4 is 20.5 Å². The molecule has 1 aromatic rings. The Labute approximate surface area is 133 Å². The molecule has 1 fully saturated rings. The molecule has 0 unspecified atom stereocenters. The van der Waals surface area contributed by atoms with Gasteiger partial charge in [-0.3, -0.25) is 4.79 Å². The van der Waals surface area contributed by atoms with E-state index < -0.39 is 0 Å². The number of hydrogen-bond donors (Lipinski definition) is 2. The van der Waals surface area contributed by atoms with E-state index in [-0.39, 0.29) is 17.7 Å². The summed E-state index contributed by atoms with van der Waals surface area (Å²) in [5, 5.41) is 2.97. The van der Waals surface area contributed by atoms with Gasteiger partial charge in [0.05, 0.1) is 19.9 Å². The van der Waals surface area contributed by atoms with E-state index in [1.807, 2.05) is 0 Å². The standard InChI is InChI=1S/C15H21BrN2O3/c1-20-13-6-11(16)12(7-14(13)21-2)18-15(19)10-5-3-4-9(10)8-17/h6-7,9-10H,3-5,8,17H2,1-2H3,(H,18,19)/t9-,10-/m1/s1. The third-order valence-corrected chi connectivity index (χ3v) is 4.69. The van der Waals surface area contributed by atoms with Crippen LogP contribution in [0.1, 0.15) is 19.3 Å². The minimum Gasteiger partial charge on any atom is -0.493 e. The van der Waals surface area contributed by atoms with Crippen molar-refractivity contribution in [1.82, 2.24) is 0 Å². The molecular formula is C15H21BrN2O3. The number of ether oxygens (including phenoxy) is 2. The molecular weight excluding hydrogens is 336 g/mol. The predicted octanol–water partition coefficient (Wildman–Crippen LogP) is 2.78. The van der Waals surface area contributed by atoms with Gasteiger partial charge in [-0.05, 0) is 41.2 Å². The molecule has 1 amide bonds. The summed E-state index contributed by atoms with van der Waals surface area (Å²) in [6, 6.07) is 3.54. The quantitative estimate of drug-likeness (QED) is 0.850. The van der Waals surface area contributed by atoms with Gasteiger partial charge in [-0.2, -0.15) is 0 Å². The van der Waals surface area contributed by atoms with Crippen LogP contribution in [0, 0.1) is 11.8 Å². The first kappa shape index (κ1) is 16.1. The summed E-state index contributed by atoms with van der Waals surface area (Å²) in [6.07, 6.45) is 2.99. The van der Waals surface area contributed by atoms with Crippen molar-refractivity contribution in [1.29, 1.82) is 0 Å². The molecule has 3 N–H and O–H groups in total. The fourth-order valence-corrected chi connectivity index (χ4v) is 3.26. The smallest absolute Gasteiger partial charge is 0.227 e. The third kappa shape index (κ3) is 3.49. The summed E-state index contributed by atoms with van der Waals surface area (Å²) in [4.78, 5) is 12.4. The zero-order valence-corrected chi connectivity index (χ0v) is 13.9. The van der Waals surface area contributed by atoms with Crippen LogP contribution in [-0.2, 0) is 4.79 Å². The number of benzene rings is 1. The first-order valence-corrected chi connectivity index (χ1v) is 7.82. The van der Waals surface area contributed by atoms with Crippen molar-refractivity contribution in [2.75, 3.05) is 26.1 Å². The zero-order valence-electron chi connectivity index (χ0n) is 12.3. The average Bonchev–Trinajstić information content (AvgIpc) is 2.97. The number of carbonyl (C=O) groups excluding carboxylic acids is 1. The number of nitrogens with one attached hydrogen (secondary N) is 1. The van der Waals surface area contributed by atoms with Gasteiger partial charge in [0.2, 0.25) is 5.91 Å². The van der Waals surface area contributed by atoms with Crippen molar-refractivity contribution < 1.29 is 14.3 Å². The molecule has 0 saturated heterocycles. The van der Waals surface area contributed by atoms with Crippen molar-refractivity contribution in [3.8, 4) is 11.5 Å².